The number of hydrogen-bond acceptors (Lipinski definition) is 5. The number of likely N-dealkylation sites (tertiary alicyclic amines) is 1. The minimum absolute atomic E-state index is 0.107. The van der Waals surface area contributed by atoms with E-state index in [1.165, 1.54) is 0 Å². The highest BCUT2D eigenvalue weighted by atomic mass is 35.5. The average Bonchev–Trinajstić information content (AvgIpc) is 3.08. The van der Waals surface area contributed by atoms with Crippen LogP contribution in [0.2, 0.25) is 5.02 Å². The van der Waals surface area contributed by atoms with Gasteiger partial charge in [0.25, 0.3) is 0 Å². The largest absolute Gasteiger partial charge is 0.390 e. The molecule has 3 fully saturated rings. The van der Waals surface area contributed by atoms with Crippen LogP contribution < -0.4 is 16.0 Å². The van der Waals surface area contributed by atoms with Crippen molar-refractivity contribution < 1.29 is 19.8 Å². The van der Waals surface area contributed by atoms with Crippen LogP contribution in [0.3, 0.4) is 0 Å². The summed E-state index contributed by atoms with van der Waals surface area (Å²) in [5.74, 6) is -1.23. The quantitative estimate of drug-likeness (QED) is 0.485. The monoisotopic (exact) mass is 452 g/mol. The highest BCUT2D eigenvalue weighted by Crippen LogP contribution is 2.38. The predicted octanol–water partition coefficient (Wildman–Crippen LogP) is 0.237. The van der Waals surface area contributed by atoms with Crippen molar-refractivity contribution in [3.63, 3.8) is 0 Å². The van der Waals surface area contributed by atoms with Crippen molar-refractivity contribution in [2.24, 2.45) is 17.6 Å². The molecule has 30 heavy (non-hydrogen) atoms. The van der Waals surface area contributed by atoms with Crippen molar-refractivity contribution in [3.05, 3.63) is 29.3 Å². The molecule has 5 atom stereocenters. The number of primary amides is 1. The van der Waals surface area contributed by atoms with Crippen molar-refractivity contribution in [1.29, 1.82) is 0 Å². The van der Waals surface area contributed by atoms with Crippen LogP contribution in [0.4, 0.5) is 5.69 Å². The molecule has 0 unspecified atom stereocenters. The molecule has 5 N–H and O–H groups in total. The lowest BCUT2D eigenvalue weighted by Gasteiger charge is -2.44. The Kier molecular flexibility index (Phi) is 5.89. The van der Waals surface area contributed by atoms with Gasteiger partial charge in [-0.2, -0.15) is 0 Å². The lowest BCUT2D eigenvalue weighted by Crippen LogP contribution is -2.61. The Balaban J connectivity index is 1.61. The summed E-state index contributed by atoms with van der Waals surface area (Å²) < 4.78 is 0. The van der Waals surface area contributed by atoms with Gasteiger partial charge in [0.1, 0.15) is 6.10 Å². The summed E-state index contributed by atoms with van der Waals surface area (Å²) in [7, 11) is 0. The van der Waals surface area contributed by atoms with Crippen LogP contribution in [0.5, 0.6) is 0 Å². The normalized spacial score (nSPS) is 32.0. The van der Waals surface area contributed by atoms with Crippen molar-refractivity contribution in [2.75, 3.05) is 18.0 Å². The van der Waals surface area contributed by atoms with Gasteiger partial charge in [0.05, 0.1) is 24.1 Å². The number of anilines is 1. The molecule has 2 saturated heterocycles. The van der Waals surface area contributed by atoms with Gasteiger partial charge in [-0.05, 0) is 55.7 Å². The number of benzene rings is 1. The minimum atomic E-state index is -1.05. The van der Waals surface area contributed by atoms with Crippen molar-refractivity contribution >= 4 is 46.4 Å². The average molecular weight is 453 g/mol. The van der Waals surface area contributed by atoms with Crippen LogP contribution >= 0.6 is 23.8 Å². The number of thiocarbonyl (C=S) groups is 1. The maximum atomic E-state index is 13.5. The molecule has 1 aromatic rings. The molecule has 1 saturated carbocycles. The summed E-state index contributed by atoms with van der Waals surface area (Å²) in [5, 5.41) is 25.1. The summed E-state index contributed by atoms with van der Waals surface area (Å²) in [6.07, 6.45) is -0.890. The maximum Gasteiger partial charge on any atom is 0.227 e. The zero-order chi connectivity index (χ0) is 21.6. The van der Waals surface area contributed by atoms with Crippen molar-refractivity contribution in [3.8, 4) is 0 Å². The highest BCUT2D eigenvalue weighted by molar-refractivity contribution is 7.80. The number of hydrogen-bond donors (Lipinski definition) is 4. The first-order valence-electron chi connectivity index (χ1n) is 10.1. The Morgan fingerprint density at radius 2 is 1.80 bits per heavy atom. The van der Waals surface area contributed by atoms with E-state index in [1.807, 2.05) is 17.0 Å². The van der Waals surface area contributed by atoms with Crippen LogP contribution in [0.15, 0.2) is 24.3 Å². The Morgan fingerprint density at radius 3 is 2.40 bits per heavy atom. The van der Waals surface area contributed by atoms with E-state index in [0.717, 1.165) is 5.69 Å². The molecule has 0 radical (unpaired) electrons. The third-order valence-electron chi connectivity index (χ3n) is 6.48. The van der Waals surface area contributed by atoms with Crippen LogP contribution in [0.1, 0.15) is 19.3 Å². The van der Waals surface area contributed by atoms with Crippen LogP contribution in [0, 0.1) is 11.8 Å². The fourth-order valence-corrected chi connectivity index (χ4v) is 5.34. The summed E-state index contributed by atoms with van der Waals surface area (Å²) in [6.45, 7) is 0.885. The van der Waals surface area contributed by atoms with Crippen LogP contribution in [-0.2, 0) is 9.59 Å². The molecule has 0 spiro atoms. The molecule has 1 aromatic carbocycles. The Labute approximate surface area is 185 Å². The number of fused-ring (bicyclic) bond motifs is 1. The van der Waals surface area contributed by atoms with E-state index in [9.17, 15) is 19.8 Å². The lowest BCUT2D eigenvalue weighted by molar-refractivity contribution is -0.144. The molecule has 1 aliphatic carbocycles. The number of rotatable bonds is 3. The SMILES string of the molecule is NC(=O)C1CCN(C(=O)[C@@H]2C[C@@H](O)[C@H](O)[C@@H]3NC(=S)N(c4ccc(Cl)cc4)[C@@H]32)CC1. The lowest BCUT2D eigenvalue weighted by atomic mass is 9.76. The first-order chi connectivity index (χ1) is 14.3. The Hall–Kier alpha value is -1.94. The van der Waals surface area contributed by atoms with Gasteiger partial charge in [0, 0.05) is 29.7 Å². The zero-order valence-electron chi connectivity index (χ0n) is 16.3. The second-order valence-corrected chi connectivity index (χ2v) is 9.04. The highest BCUT2D eigenvalue weighted by Gasteiger charge is 2.54. The molecular weight excluding hydrogens is 428 g/mol. The van der Waals surface area contributed by atoms with E-state index in [4.69, 9.17) is 29.6 Å². The van der Waals surface area contributed by atoms with Crippen LogP contribution in [0.25, 0.3) is 0 Å². The number of halogens is 1. The van der Waals surface area contributed by atoms with Crippen LogP contribution in [-0.4, -0.2) is 69.4 Å². The number of amides is 2. The third-order valence-corrected chi connectivity index (χ3v) is 7.04. The van der Waals surface area contributed by atoms with Gasteiger partial charge in [0.15, 0.2) is 5.11 Å². The number of carbonyl (C=O) groups is 2. The maximum absolute atomic E-state index is 13.5. The van der Waals surface area contributed by atoms with E-state index in [-0.39, 0.29) is 24.2 Å². The molecule has 10 heteroatoms. The van der Waals surface area contributed by atoms with Gasteiger partial charge in [-0.15, -0.1) is 0 Å². The molecule has 2 amide bonds. The first kappa shape index (κ1) is 21.3. The van der Waals surface area contributed by atoms with E-state index in [1.54, 1.807) is 17.0 Å². The van der Waals surface area contributed by atoms with E-state index in [0.29, 0.717) is 36.1 Å². The number of piperidine rings is 1. The van der Waals surface area contributed by atoms with Gasteiger partial charge < -0.3 is 31.1 Å². The summed E-state index contributed by atoms with van der Waals surface area (Å²) in [6, 6.07) is 6.09. The third kappa shape index (κ3) is 3.75. The molecule has 4 rings (SSSR count). The summed E-state index contributed by atoms with van der Waals surface area (Å²) in [4.78, 5) is 28.5. The molecule has 0 aromatic heterocycles. The Morgan fingerprint density at radius 1 is 1.17 bits per heavy atom. The van der Waals surface area contributed by atoms with Gasteiger partial charge >= 0.3 is 0 Å². The van der Waals surface area contributed by atoms with Crippen molar-refractivity contribution in [1.82, 2.24) is 10.2 Å². The number of nitrogens with one attached hydrogen (secondary N) is 1. The minimum Gasteiger partial charge on any atom is -0.390 e. The topological polar surface area (TPSA) is 119 Å². The molecule has 162 valence electrons. The van der Waals surface area contributed by atoms with E-state index in [2.05, 4.69) is 5.32 Å². The standard InChI is InChI=1S/C20H25ClN4O4S/c21-11-1-3-12(4-2-11)25-16-13(9-14(26)17(27)15(16)23-20(25)30)19(29)24-7-5-10(6-8-24)18(22)28/h1-4,10,13-17,26-27H,5-9H2,(H2,22,28)(H,23,30)/t13-,14-,15-,16-,17+/m1/s1. The number of carbonyl (C=O) groups excluding carboxylic acids is 2. The number of nitrogens with zero attached hydrogens (tertiary/aromatic N) is 2. The fraction of sp³-hybridized carbons (Fsp3) is 0.550. The smallest absolute Gasteiger partial charge is 0.227 e. The molecular formula is C20H25ClN4O4S. The predicted molar refractivity (Wildman–Crippen MR) is 116 cm³/mol. The second-order valence-electron chi connectivity index (χ2n) is 8.21. The first-order valence-corrected chi connectivity index (χ1v) is 10.9. The van der Waals surface area contributed by atoms with Gasteiger partial charge in [-0.1, -0.05) is 11.6 Å². The molecule has 2 heterocycles. The summed E-state index contributed by atoms with van der Waals surface area (Å²) >= 11 is 11.5. The number of aliphatic hydroxyl groups is 2. The van der Waals surface area contributed by atoms with E-state index < -0.39 is 30.2 Å². The fourth-order valence-electron chi connectivity index (χ4n) is 4.85. The van der Waals surface area contributed by atoms with E-state index >= 15 is 0 Å². The molecule has 8 nitrogen and oxygen atoms in total. The van der Waals surface area contributed by atoms with Crippen molar-refractivity contribution in [2.45, 2.75) is 43.6 Å². The summed E-state index contributed by atoms with van der Waals surface area (Å²) in [5.41, 5.74) is 6.16. The molecule has 0 bridgehead atoms. The van der Waals surface area contributed by atoms with Gasteiger partial charge in [-0.3, -0.25) is 9.59 Å². The molecule has 3 aliphatic rings. The zero-order valence-corrected chi connectivity index (χ0v) is 17.9. The Bertz CT molecular complexity index is 846. The number of nitrogens with two attached hydrogens (primary N) is 1. The molecule has 2 aliphatic heterocycles. The van der Waals surface area contributed by atoms with Gasteiger partial charge in [-0.25, -0.2) is 0 Å². The second kappa shape index (κ2) is 8.30. The van der Waals surface area contributed by atoms with Gasteiger partial charge in [0.2, 0.25) is 11.8 Å². The number of aliphatic hydroxyl groups excluding tert-OH is 2.